The molecule has 3 rings (SSSR count). The first-order valence-corrected chi connectivity index (χ1v) is 10.9. The summed E-state index contributed by atoms with van der Waals surface area (Å²) in [5, 5.41) is 4.50. The Morgan fingerprint density at radius 2 is 2.33 bits per heavy atom. The molecule has 4 heteroatoms. The van der Waals surface area contributed by atoms with Crippen molar-refractivity contribution >= 4 is 28.5 Å². The summed E-state index contributed by atoms with van der Waals surface area (Å²) in [4.78, 5) is 6.07. The van der Waals surface area contributed by atoms with Gasteiger partial charge in [0.2, 0.25) is 0 Å². The first-order chi connectivity index (χ1) is 11.6. The largest absolute Gasteiger partial charge is 0.306 e. The maximum atomic E-state index is 6.34. The second-order valence-electron chi connectivity index (χ2n) is 7.61. The zero-order valence-corrected chi connectivity index (χ0v) is 16.6. The molecule has 0 aromatic rings. The molecule has 0 spiro atoms. The highest BCUT2D eigenvalue weighted by atomic mass is 35.5. The molecule has 0 bridgehead atoms. The molecule has 24 heavy (non-hydrogen) atoms. The summed E-state index contributed by atoms with van der Waals surface area (Å²) in [6.45, 7) is 9.60. The zero-order chi connectivity index (χ0) is 17.1. The first kappa shape index (κ1) is 18.5. The standard InChI is InChI=1S/C20H31ClN2S/c1-4-6-9-22-17(5-2)19-10-14(12-24-19)7-8-15-13(3)20(21)23-18-11-16(15)18/h5,10,13-18,22H,2,4,6-9,11-12H2,1,3H3. The predicted octanol–water partition coefficient (Wildman–Crippen LogP) is 5.25. The van der Waals surface area contributed by atoms with Crippen molar-refractivity contribution in [2.75, 3.05) is 12.3 Å². The van der Waals surface area contributed by atoms with Crippen LogP contribution in [-0.2, 0) is 0 Å². The number of nitrogens with zero attached hydrogens (tertiary/aromatic N) is 1. The molecule has 0 radical (unpaired) electrons. The van der Waals surface area contributed by atoms with Gasteiger partial charge in [-0.3, -0.25) is 4.99 Å². The molecule has 0 aromatic carbocycles. The molecule has 6 atom stereocenters. The van der Waals surface area contributed by atoms with Gasteiger partial charge in [-0.15, -0.1) is 18.3 Å². The molecule has 1 saturated carbocycles. The molecule has 0 saturated heterocycles. The van der Waals surface area contributed by atoms with Gasteiger partial charge in [0.1, 0.15) is 5.17 Å². The third kappa shape index (κ3) is 4.28. The van der Waals surface area contributed by atoms with Crippen LogP contribution in [0.1, 0.15) is 46.0 Å². The fraction of sp³-hybridized carbons (Fsp3) is 0.750. The summed E-state index contributed by atoms with van der Waals surface area (Å²) in [6, 6.07) is 0.894. The fourth-order valence-electron chi connectivity index (χ4n) is 4.13. The van der Waals surface area contributed by atoms with Crippen molar-refractivity contribution in [2.45, 2.75) is 58.0 Å². The van der Waals surface area contributed by atoms with Crippen LogP contribution in [0.15, 0.2) is 28.6 Å². The monoisotopic (exact) mass is 366 g/mol. The average molecular weight is 367 g/mol. The van der Waals surface area contributed by atoms with Crippen molar-refractivity contribution in [3.05, 3.63) is 23.6 Å². The summed E-state index contributed by atoms with van der Waals surface area (Å²) in [6.07, 6.45) is 10.9. The minimum absolute atomic E-state index is 0.342. The van der Waals surface area contributed by atoms with Gasteiger partial charge in [0.25, 0.3) is 0 Å². The van der Waals surface area contributed by atoms with E-state index in [0.717, 1.165) is 23.6 Å². The smallest absolute Gasteiger partial charge is 0.104 e. The molecule has 134 valence electrons. The maximum absolute atomic E-state index is 6.34. The second kappa shape index (κ2) is 8.42. The molecule has 2 heterocycles. The quantitative estimate of drug-likeness (QED) is 0.445. The van der Waals surface area contributed by atoms with Crippen LogP contribution in [0.25, 0.3) is 0 Å². The maximum Gasteiger partial charge on any atom is 0.104 e. The van der Waals surface area contributed by atoms with Gasteiger partial charge in [0.15, 0.2) is 0 Å². The number of rotatable bonds is 9. The summed E-state index contributed by atoms with van der Waals surface area (Å²) in [5.41, 5.74) is 0. The van der Waals surface area contributed by atoms with Gasteiger partial charge in [-0.25, -0.2) is 0 Å². The highest BCUT2D eigenvalue weighted by Gasteiger charge is 2.49. The van der Waals surface area contributed by atoms with E-state index in [1.807, 2.05) is 11.8 Å². The number of hydrogen-bond donors (Lipinski definition) is 1. The van der Waals surface area contributed by atoms with Crippen molar-refractivity contribution in [3.63, 3.8) is 0 Å². The topological polar surface area (TPSA) is 24.4 Å². The summed E-state index contributed by atoms with van der Waals surface area (Å²) < 4.78 is 0. The van der Waals surface area contributed by atoms with E-state index in [9.17, 15) is 0 Å². The van der Waals surface area contributed by atoms with Crippen LogP contribution in [0, 0.1) is 23.7 Å². The number of halogens is 1. The molecule has 0 aromatic heterocycles. The van der Waals surface area contributed by atoms with Gasteiger partial charge in [0, 0.05) is 16.6 Å². The van der Waals surface area contributed by atoms with Gasteiger partial charge >= 0.3 is 0 Å². The molecular formula is C20H31ClN2S. The third-order valence-corrected chi connectivity index (χ3v) is 7.59. The molecule has 2 aliphatic heterocycles. The number of thioether (sulfide) groups is 1. The summed E-state index contributed by atoms with van der Waals surface area (Å²) in [7, 11) is 0. The van der Waals surface area contributed by atoms with Crippen molar-refractivity contribution in [3.8, 4) is 0 Å². The summed E-state index contributed by atoms with van der Waals surface area (Å²) in [5.74, 6) is 3.97. The molecule has 1 fully saturated rings. The molecule has 6 unspecified atom stereocenters. The average Bonchev–Trinajstić information content (AvgIpc) is 3.18. The van der Waals surface area contributed by atoms with Crippen LogP contribution < -0.4 is 5.32 Å². The number of nitrogens with one attached hydrogen (secondary N) is 1. The summed E-state index contributed by atoms with van der Waals surface area (Å²) >= 11 is 8.36. The van der Waals surface area contributed by atoms with Gasteiger partial charge in [-0.1, -0.05) is 44.0 Å². The lowest BCUT2D eigenvalue weighted by molar-refractivity contribution is 0.327. The number of fused-ring (bicyclic) bond motifs is 1. The molecule has 1 aliphatic carbocycles. The lowest BCUT2D eigenvalue weighted by atomic mass is 9.82. The van der Waals surface area contributed by atoms with E-state index >= 15 is 0 Å². The van der Waals surface area contributed by atoms with Crippen molar-refractivity contribution < 1.29 is 0 Å². The normalized spacial score (nSPS) is 35.9. The molecular weight excluding hydrogens is 336 g/mol. The molecule has 1 N–H and O–H groups in total. The highest BCUT2D eigenvalue weighted by Crippen LogP contribution is 2.50. The van der Waals surface area contributed by atoms with Gasteiger partial charge in [0.05, 0.1) is 12.1 Å². The Hall–Kier alpha value is -0.250. The van der Waals surface area contributed by atoms with Crippen molar-refractivity contribution in [1.29, 1.82) is 0 Å². The van der Waals surface area contributed by atoms with E-state index in [2.05, 4.69) is 42.9 Å². The van der Waals surface area contributed by atoms with E-state index in [1.54, 1.807) is 0 Å². The number of allylic oxidation sites excluding steroid dienone is 1. The van der Waals surface area contributed by atoms with Crippen LogP contribution in [0.2, 0.25) is 0 Å². The van der Waals surface area contributed by atoms with Gasteiger partial charge in [-0.05, 0) is 50.0 Å². The van der Waals surface area contributed by atoms with Crippen molar-refractivity contribution in [2.24, 2.45) is 28.7 Å². The Morgan fingerprint density at radius 1 is 1.50 bits per heavy atom. The van der Waals surface area contributed by atoms with Crippen LogP contribution in [0.4, 0.5) is 0 Å². The third-order valence-electron chi connectivity index (χ3n) is 5.83. The first-order valence-electron chi connectivity index (χ1n) is 9.57. The second-order valence-corrected chi connectivity index (χ2v) is 9.09. The minimum Gasteiger partial charge on any atom is -0.306 e. The fourth-order valence-corrected chi connectivity index (χ4v) is 5.73. The lowest BCUT2D eigenvalue weighted by Gasteiger charge is -2.27. The van der Waals surface area contributed by atoms with E-state index in [1.165, 1.54) is 42.8 Å². The van der Waals surface area contributed by atoms with Crippen LogP contribution in [-0.4, -0.2) is 29.6 Å². The van der Waals surface area contributed by atoms with Gasteiger partial charge in [-0.2, -0.15) is 0 Å². The molecule has 2 nitrogen and oxygen atoms in total. The number of hydrogen-bond acceptors (Lipinski definition) is 3. The predicted molar refractivity (Wildman–Crippen MR) is 108 cm³/mol. The minimum atomic E-state index is 0.342. The van der Waals surface area contributed by atoms with Gasteiger partial charge < -0.3 is 5.32 Å². The van der Waals surface area contributed by atoms with Crippen LogP contribution >= 0.6 is 23.4 Å². The Kier molecular flexibility index (Phi) is 6.50. The molecule has 3 aliphatic rings. The SMILES string of the molecule is C=CC(NCCCC)C1=CC(CCC2C(C)C(Cl)=NC3CC32)CS1. The number of unbranched alkanes of at least 4 members (excludes halogenated alkanes) is 1. The zero-order valence-electron chi connectivity index (χ0n) is 15.0. The van der Waals surface area contributed by atoms with Crippen LogP contribution in [0.5, 0.6) is 0 Å². The Balaban J connectivity index is 1.49. The number of aliphatic imine (C=N–C) groups is 1. The van der Waals surface area contributed by atoms with E-state index < -0.39 is 0 Å². The highest BCUT2D eigenvalue weighted by molar-refractivity contribution is 8.03. The Morgan fingerprint density at radius 3 is 3.08 bits per heavy atom. The lowest BCUT2D eigenvalue weighted by Crippen LogP contribution is -2.28. The van der Waals surface area contributed by atoms with E-state index in [4.69, 9.17) is 11.6 Å². The molecule has 0 amide bonds. The van der Waals surface area contributed by atoms with E-state index in [0.29, 0.717) is 23.9 Å². The van der Waals surface area contributed by atoms with E-state index in [-0.39, 0.29) is 0 Å². The van der Waals surface area contributed by atoms with Crippen LogP contribution in [0.3, 0.4) is 0 Å². The Labute approximate surface area is 156 Å². The van der Waals surface area contributed by atoms with Crippen molar-refractivity contribution in [1.82, 2.24) is 5.32 Å². The Bertz CT molecular complexity index is 516.